The second-order valence-electron chi connectivity index (χ2n) is 5.40. The number of H-pyrrole nitrogens is 1. The number of aromatic nitrogens is 1. The van der Waals surface area contributed by atoms with E-state index < -0.39 is 5.97 Å². The Kier molecular flexibility index (Phi) is 2.82. The maximum Gasteiger partial charge on any atom is 0.303 e. The van der Waals surface area contributed by atoms with Gasteiger partial charge in [0.2, 0.25) is 0 Å². The maximum absolute atomic E-state index is 11.0. The quantitative estimate of drug-likeness (QED) is 0.887. The monoisotopic (exact) mass is 259 g/mol. The van der Waals surface area contributed by atoms with Crippen molar-refractivity contribution in [2.24, 2.45) is 5.92 Å². The summed E-state index contributed by atoms with van der Waals surface area (Å²) in [5, 5.41) is 10.2. The van der Waals surface area contributed by atoms with Crippen LogP contribution >= 0.6 is 0 Å². The lowest BCUT2D eigenvalue weighted by atomic mass is 9.68. The maximum atomic E-state index is 11.0. The lowest BCUT2D eigenvalue weighted by Crippen LogP contribution is -2.52. The summed E-state index contributed by atoms with van der Waals surface area (Å²) in [4.78, 5) is 14.2. The van der Waals surface area contributed by atoms with Gasteiger partial charge in [0, 0.05) is 28.9 Å². The number of carboxylic acids is 1. The average Bonchev–Trinajstić information content (AvgIpc) is 2.71. The van der Waals surface area contributed by atoms with Crippen molar-refractivity contribution in [1.82, 2.24) is 4.98 Å². The van der Waals surface area contributed by atoms with Crippen LogP contribution in [-0.2, 0) is 14.9 Å². The van der Waals surface area contributed by atoms with Gasteiger partial charge in [0.25, 0.3) is 0 Å². The molecular formula is C15H17NO3. The number of carboxylic acid groups (broad SMARTS) is 1. The number of aliphatic carboxylic acids is 1. The largest absolute Gasteiger partial charge is 0.481 e. The van der Waals surface area contributed by atoms with E-state index in [-0.39, 0.29) is 17.8 Å². The van der Waals surface area contributed by atoms with Gasteiger partial charge in [-0.3, -0.25) is 4.79 Å². The topological polar surface area (TPSA) is 62.3 Å². The number of carbonyl (C=O) groups is 1. The molecule has 2 heterocycles. The van der Waals surface area contributed by atoms with Gasteiger partial charge in [0.05, 0.1) is 13.2 Å². The Morgan fingerprint density at radius 1 is 1.47 bits per heavy atom. The van der Waals surface area contributed by atoms with E-state index in [1.165, 1.54) is 10.9 Å². The van der Waals surface area contributed by atoms with Crippen molar-refractivity contribution in [2.45, 2.75) is 18.8 Å². The number of para-hydroxylation sites is 1. The molecule has 0 saturated carbocycles. The second-order valence-corrected chi connectivity index (χ2v) is 5.40. The fourth-order valence-corrected chi connectivity index (χ4v) is 2.97. The first kappa shape index (κ1) is 12.2. The van der Waals surface area contributed by atoms with E-state index in [1.54, 1.807) is 0 Å². The smallest absolute Gasteiger partial charge is 0.303 e. The third kappa shape index (κ3) is 1.83. The standard InChI is InChI=1S/C15H17NO3/c1-10(6-14(17)18)15(8-19-9-15)12-7-16-13-5-3-2-4-11(12)13/h2-5,7,10,16H,6,8-9H2,1H3,(H,17,18). The summed E-state index contributed by atoms with van der Waals surface area (Å²) in [6, 6.07) is 8.12. The molecular weight excluding hydrogens is 242 g/mol. The highest BCUT2D eigenvalue weighted by atomic mass is 16.5. The zero-order valence-electron chi connectivity index (χ0n) is 10.8. The van der Waals surface area contributed by atoms with Gasteiger partial charge in [-0.15, -0.1) is 0 Å². The predicted molar refractivity (Wildman–Crippen MR) is 72.2 cm³/mol. The van der Waals surface area contributed by atoms with Crippen molar-refractivity contribution in [3.63, 3.8) is 0 Å². The van der Waals surface area contributed by atoms with Crippen LogP contribution in [0.4, 0.5) is 0 Å². The molecule has 19 heavy (non-hydrogen) atoms. The lowest BCUT2D eigenvalue weighted by Gasteiger charge is -2.45. The van der Waals surface area contributed by atoms with Crippen LogP contribution in [-0.4, -0.2) is 29.3 Å². The van der Waals surface area contributed by atoms with Gasteiger partial charge < -0.3 is 14.8 Å². The molecule has 1 aliphatic heterocycles. The highest BCUT2D eigenvalue weighted by Gasteiger charge is 2.46. The van der Waals surface area contributed by atoms with Crippen molar-refractivity contribution < 1.29 is 14.6 Å². The van der Waals surface area contributed by atoms with Crippen LogP contribution in [0.15, 0.2) is 30.5 Å². The average molecular weight is 259 g/mol. The van der Waals surface area contributed by atoms with Crippen LogP contribution in [0.1, 0.15) is 18.9 Å². The number of hydrogen-bond donors (Lipinski definition) is 2. The highest BCUT2D eigenvalue weighted by Crippen LogP contribution is 2.43. The fraction of sp³-hybridized carbons (Fsp3) is 0.400. The van der Waals surface area contributed by atoms with Crippen LogP contribution < -0.4 is 0 Å². The van der Waals surface area contributed by atoms with Gasteiger partial charge in [-0.05, 0) is 17.5 Å². The third-order valence-electron chi connectivity index (χ3n) is 4.27. The van der Waals surface area contributed by atoms with E-state index in [0.717, 1.165) is 5.52 Å². The van der Waals surface area contributed by atoms with E-state index in [0.29, 0.717) is 13.2 Å². The summed E-state index contributed by atoms with van der Waals surface area (Å²) >= 11 is 0. The molecule has 1 aliphatic rings. The molecule has 1 saturated heterocycles. The number of rotatable bonds is 4. The van der Waals surface area contributed by atoms with Crippen LogP contribution in [0, 0.1) is 5.92 Å². The summed E-state index contributed by atoms with van der Waals surface area (Å²) in [5.41, 5.74) is 2.10. The van der Waals surface area contributed by atoms with Crippen LogP contribution in [0.2, 0.25) is 0 Å². The molecule has 0 bridgehead atoms. The molecule has 1 fully saturated rings. The minimum Gasteiger partial charge on any atom is -0.481 e. The minimum absolute atomic E-state index is 0.0537. The SMILES string of the molecule is CC(CC(=O)O)C1(c2c[nH]c3ccccc23)COC1. The zero-order valence-corrected chi connectivity index (χ0v) is 10.8. The first-order chi connectivity index (χ1) is 9.13. The Hall–Kier alpha value is -1.81. The lowest BCUT2D eigenvalue weighted by molar-refractivity contribution is -0.142. The van der Waals surface area contributed by atoms with Crippen LogP contribution in [0.3, 0.4) is 0 Å². The molecule has 1 aromatic carbocycles. The van der Waals surface area contributed by atoms with E-state index >= 15 is 0 Å². The number of hydrogen-bond acceptors (Lipinski definition) is 2. The van der Waals surface area contributed by atoms with Gasteiger partial charge >= 0.3 is 5.97 Å². The molecule has 1 atom stereocenters. The van der Waals surface area contributed by atoms with Gasteiger partial charge in [0.1, 0.15) is 0 Å². The fourth-order valence-electron chi connectivity index (χ4n) is 2.97. The van der Waals surface area contributed by atoms with Crippen molar-refractivity contribution in [3.05, 3.63) is 36.0 Å². The first-order valence-electron chi connectivity index (χ1n) is 6.49. The molecule has 0 aliphatic carbocycles. The van der Waals surface area contributed by atoms with Crippen LogP contribution in [0.5, 0.6) is 0 Å². The molecule has 2 aromatic rings. The number of aromatic amines is 1. The molecule has 1 unspecified atom stereocenters. The van der Waals surface area contributed by atoms with E-state index in [4.69, 9.17) is 9.84 Å². The first-order valence-corrected chi connectivity index (χ1v) is 6.49. The number of ether oxygens (including phenoxy) is 1. The Morgan fingerprint density at radius 3 is 2.84 bits per heavy atom. The molecule has 4 heteroatoms. The molecule has 1 aromatic heterocycles. The Morgan fingerprint density at radius 2 is 2.21 bits per heavy atom. The third-order valence-corrected chi connectivity index (χ3v) is 4.27. The van der Waals surface area contributed by atoms with Crippen molar-refractivity contribution in [3.8, 4) is 0 Å². The molecule has 0 radical (unpaired) electrons. The van der Waals surface area contributed by atoms with Crippen molar-refractivity contribution >= 4 is 16.9 Å². The number of fused-ring (bicyclic) bond motifs is 1. The van der Waals surface area contributed by atoms with Gasteiger partial charge in [-0.25, -0.2) is 0 Å². The van der Waals surface area contributed by atoms with Gasteiger partial charge in [0.15, 0.2) is 0 Å². The minimum atomic E-state index is -0.751. The molecule has 0 spiro atoms. The predicted octanol–water partition coefficient (Wildman–Crippen LogP) is 2.55. The summed E-state index contributed by atoms with van der Waals surface area (Å²) in [6.07, 6.45) is 2.18. The van der Waals surface area contributed by atoms with E-state index in [1.807, 2.05) is 31.3 Å². The zero-order chi connectivity index (χ0) is 13.5. The molecule has 0 amide bonds. The van der Waals surface area contributed by atoms with Crippen molar-refractivity contribution in [1.29, 1.82) is 0 Å². The molecule has 4 nitrogen and oxygen atoms in total. The Bertz CT molecular complexity index is 613. The number of benzene rings is 1. The Labute approximate surface area is 111 Å². The highest BCUT2D eigenvalue weighted by molar-refractivity contribution is 5.84. The number of nitrogens with one attached hydrogen (secondary N) is 1. The van der Waals surface area contributed by atoms with Gasteiger partial charge in [-0.1, -0.05) is 25.1 Å². The second kappa shape index (κ2) is 4.38. The normalized spacial score (nSPS) is 19.0. The van der Waals surface area contributed by atoms with Crippen molar-refractivity contribution in [2.75, 3.05) is 13.2 Å². The molecule has 3 rings (SSSR count). The molecule has 2 N–H and O–H groups in total. The Balaban J connectivity index is 2.04. The van der Waals surface area contributed by atoms with E-state index in [2.05, 4.69) is 11.1 Å². The summed E-state index contributed by atoms with van der Waals surface area (Å²) in [7, 11) is 0. The van der Waals surface area contributed by atoms with Gasteiger partial charge in [-0.2, -0.15) is 0 Å². The summed E-state index contributed by atoms with van der Waals surface area (Å²) in [6.45, 7) is 3.20. The summed E-state index contributed by atoms with van der Waals surface area (Å²) < 4.78 is 5.41. The molecule has 100 valence electrons. The van der Waals surface area contributed by atoms with E-state index in [9.17, 15) is 4.79 Å². The summed E-state index contributed by atoms with van der Waals surface area (Å²) in [5.74, 6) is -0.698. The van der Waals surface area contributed by atoms with Crippen LogP contribution in [0.25, 0.3) is 10.9 Å².